The molecule has 0 spiro atoms. The van der Waals surface area contributed by atoms with Crippen LogP contribution in [0.4, 0.5) is 5.69 Å². The summed E-state index contributed by atoms with van der Waals surface area (Å²) in [5.74, 6) is -3.97. The Bertz CT molecular complexity index is 2070. The number of thiophene rings is 1. The monoisotopic (exact) mass is 777 g/mol. The van der Waals surface area contributed by atoms with Crippen LogP contribution in [0.25, 0.3) is 11.1 Å². The van der Waals surface area contributed by atoms with E-state index in [9.17, 15) is 33.9 Å². The minimum atomic E-state index is -1.33. The fourth-order valence-electron chi connectivity index (χ4n) is 5.74. The number of nitrogens with one attached hydrogen (secondary N) is 5. The minimum Gasteiger partial charge on any atom is -0.480 e. The zero-order chi connectivity index (χ0) is 39.9. The third-order valence-corrected chi connectivity index (χ3v) is 9.63. The highest BCUT2D eigenvalue weighted by atomic mass is 32.1. The Balaban J connectivity index is 0.000000386. The van der Waals surface area contributed by atoms with Crippen molar-refractivity contribution in [2.75, 3.05) is 11.9 Å². The molecule has 7 rings (SSSR count). The Morgan fingerprint density at radius 2 is 1.39 bits per heavy atom. The van der Waals surface area contributed by atoms with E-state index in [1.807, 2.05) is 11.4 Å². The first-order chi connectivity index (χ1) is 27.0. The van der Waals surface area contributed by atoms with Crippen LogP contribution in [0.5, 0.6) is 0 Å². The van der Waals surface area contributed by atoms with E-state index in [1.54, 1.807) is 48.5 Å². The summed E-state index contributed by atoms with van der Waals surface area (Å²) >= 11 is 1.39. The van der Waals surface area contributed by atoms with Crippen molar-refractivity contribution in [2.24, 2.45) is 0 Å². The molecule has 3 atom stereocenters. The molecule has 14 heteroatoms. The van der Waals surface area contributed by atoms with Crippen LogP contribution in [0.3, 0.4) is 0 Å². The average Bonchev–Trinajstić information content (AvgIpc) is 3.92. The largest absolute Gasteiger partial charge is 0.480 e. The molecule has 56 heavy (non-hydrogen) atoms. The molecule has 5 amide bonds. The predicted octanol–water partition coefficient (Wildman–Crippen LogP) is 4.42. The topological polar surface area (TPSA) is 196 Å². The molecular formula is C42H43N5O8S. The number of benzene rings is 3. The second kappa shape index (κ2) is 20.2. The summed E-state index contributed by atoms with van der Waals surface area (Å²) in [4.78, 5) is 77.1. The maximum absolute atomic E-state index is 13.2. The highest BCUT2D eigenvalue weighted by Crippen LogP contribution is 2.19. The number of aryl methyl sites for hydroxylation is 1. The second-order valence-corrected chi connectivity index (χ2v) is 14.1. The summed E-state index contributed by atoms with van der Waals surface area (Å²) in [5.41, 5.74) is 4.88. The van der Waals surface area contributed by atoms with Crippen LogP contribution in [0, 0.1) is 6.92 Å². The van der Waals surface area contributed by atoms with Gasteiger partial charge in [-0.2, -0.15) is 0 Å². The van der Waals surface area contributed by atoms with Crippen molar-refractivity contribution in [3.63, 3.8) is 0 Å². The highest BCUT2D eigenvalue weighted by Gasteiger charge is 2.29. The summed E-state index contributed by atoms with van der Waals surface area (Å²) in [6.07, 6.45) is 1.09. The first kappa shape index (κ1) is 40.6. The molecule has 2 aromatic heterocycles. The second-order valence-electron chi connectivity index (χ2n) is 13.1. The van der Waals surface area contributed by atoms with Crippen molar-refractivity contribution in [1.29, 1.82) is 0 Å². The van der Waals surface area contributed by atoms with E-state index in [-0.39, 0.29) is 32.1 Å². The SMILES string of the molecule is Cc1ccc(-c2ccccc2)cc1.O=C1CCC(=O)N[C@H](Cc2cccs2)C(=O)NCC(=O)N[C@H](Cc2ccco2)C(=O)N[C@H](C(=O)O)Cc2ccc(cc2)N1. The Morgan fingerprint density at radius 3 is 2.05 bits per heavy atom. The number of rotatable bonds is 6. The Hall–Kier alpha value is -6.54. The summed E-state index contributed by atoms with van der Waals surface area (Å²) in [5, 5.41) is 24.4. The number of anilines is 1. The van der Waals surface area contributed by atoms with Gasteiger partial charge >= 0.3 is 5.97 Å². The molecule has 0 aliphatic carbocycles. The smallest absolute Gasteiger partial charge is 0.326 e. The molecule has 5 aromatic rings. The average molecular weight is 778 g/mol. The molecular weight excluding hydrogens is 735 g/mol. The summed E-state index contributed by atoms with van der Waals surface area (Å²) in [6, 6.07) is 28.7. The standard InChI is InChI=1S/C29H31N5O8S.C13H12/c35-24-9-10-25(36)32-22(15-20-4-2-12-43-20)27(38)30-16-26(37)33-21(14-19-3-1-11-42-19)28(39)34-23(29(40)41)13-17-5-7-18(31-24)8-6-17;1-11-7-9-13(10-8-11)12-5-3-2-4-6-12/h1-8,11-12,21-23H,9-10,13-16H2,(H,30,38)(H,31,35)(H,32,36)(H,33,37)(H,34,39)(H,40,41);2-10H,1H3/t21-,22-,23+;/m1./s1. The van der Waals surface area contributed by atoms with Crippen LogP contribution in [-0.2, 0) is 48.0 Å². The third-order valence-electron chi connectivity index (χ3n) is 8.73. The molecule has 0 unspecified atom stereocenters. The zero-order valence-electron chi connectivity index (χ0n) is 30.7. The fourth-order valence-corrected chi connectivity index (χ4v) is 6.49. The molecule has 2 bridgehead atoms. The first-order valence-corrected chi connectivity index (χ1v) is 18.9. The van der Waals surface area contributed by atoms with Crippen LogP contribution in [0.2, 0.25) is 0 Å². The number of hydrogen-bond acceptors (Lipinski definition) is 8. The lowest BCUT2D eigenvalue weighted by Crippen LogP contribution is -2.55. The van der Waals surface area contributed by atoms with Gasteiger partial charge in [-0.25, -0.2) is 4.79 Å². The highest BCUT2D eigenvalue weighted by molar-refractivity contribution is 7.09. The van der Waals surface area contributed by atoms with Gasteiger partial charge in [0.2, 0.25) is 29.5 Å². The van der Waals surface area contributed by atoms with Crippen LogP contribution in [0.1, 0.15) is 34.6 Å². The number of furan rings is 1. The maximum atomic E-state index is 13.2. The number of carbonyl (C=O) groups excluding carboxylic acids is 5. The number of carboxylic acids is 1. The van der Waals surface area contributed by atoms with Crippen LogP contribution in [-0.4, -0.2) is 65.3 Å². The van der Waals surface area contributed by atoms with Gasteiger partial charge in [0.15, 0.2) is 0 Å². The fraction of sp³-hybridized carbons (Fsp3) is 0.238. The molecule has 13 nitrogen and oxygen atoms in total. The minimum absolute atomic E-state index is 0.0709. The van der Waals surface area contributed by atoms with Crippen molar-refractivity contribution < 1.29 is 38.3 Å². The molecule has 2 aliphatic rings. The van der Waals surface area contributed by atoms with Gasteiger partial charge in [-0.1, -0.05) is 78.4 Å². The Labute approximate surface area is 327 Å². The molecule has 3 aromatic carbocycles. The molecule has 2 aliphatic heterocycles. The van der Waals surface area contributed by atoms with E-state index in [0.717, 1.165) is 4.88 Å². The van der Waals surface area contributed by atoms with Crippen molar-refractivity contribution in [2.45, 2.75) is 57.2 Å². The van der Waals surface area contributed by atoms with E-state index < -0.39 is 60.2 Å². The van der Waals surface area contributed by atoms with Crippen molar-refractivity contribution >= 4 is 52.5 Å². The number of carboxylic acid groups (broad SMARTS) is 1. The van der Waals surface area contributed by atoms with E-state index in [1.165, 1.54) is 34.3 Å². The number of hydrogen-bond donors (Lipinski definition) is 6. The number of amides is 5. The van der Waals surface area contributed by atoms with Gasteiger partial charge in [-0.3, -0.25) is 24.0 Å². The molecule has 0 radical (unpaired) electrons. The lowest BCUT2D eigenvalue weighted by atomic mass is 10.0. The van der Waals surface area contributed by atoms with E-state index >= 15 is 0 Å². The molecule has 0 fully saturated rings. The Morgan fingerprint density at radius 1 is 0.714 bits per heavy atom. The van der Waals surface area contributed by atoms with Crippen LogP contribution in [0.15, 0.2) is 119 Å². The first-order valence-electron chi connectivity index (χ1n) is 18.0. The maximum Gasteiger partial charge on any atom is 0.326 e. The number of carbonyl (C=O) groups is 6. The molecule has 6 N–H and O–H groups in total. The third kappa shape index (κ3) is 12.8. The van der Waals surface area contributed by atoms with Crippen molar-refractivity contribution in [3.05, 3.63) is 137 Å². The Kier molecular flexibility index (Phi) is 14.7. The van der Waals surface area contributed by atoms with Gasteiger partial charge in [0.25, 0.3) is 0 Å². The lowest BCUT2D eigenvalue weighted by Gasteiger charge is -2.22. The van der Waals surface area contributed by atoms with Gasteiger partial charge in [-0.05, 0) is 59.3 Å². The van der Waals surface area contributed by atoms with E-state index in [4.69, 9.17) is 4.42 Å². The van der Waals surface area contributed by atoms with E-state index in [2.05, 4.69) is 82.0 Å². The predicted molar refractivity (Wildman–Crippen MR) is 211 cm³/mol. The van der Waals surface area contributed by atoms with Gasteiger partial charge in [0, 0.05) is 42.7 Å². The van der Waals surface area contributed by atoms with Gasteiger partial charge < -0.3 is 36.1 Å². The molecule has 0 saturated carbocycles. The zero-order valence-corrected chi connectivity index (χ0v) is 31.5. The molecule has 290 valence electrons. The van der Waals surface area contributed by atoms with Gasteiger partial charge in [-0.15, -0.1) is 11.3 Å². The summed E-state index contributed by atoms with van der Waals surface area (Å²) in [7, 11) is 0. The number of fused-ring (bicyclic) bond motifs is 18. The van der Waals surface area contributed by atoms with Crippen LogP contribution >= 0.6 is 11.3 Å². The van der Waals surface area contributed by atoms with Gasteiger partial charge in [0.1, 0.15) is 23.9 Å². The normalized spacial score (nSPS) is 18.4. The van der Waals surface area contributed by atoms with Crippen molar-refractivity contribution in [3.8, 4) is 11.1 Å². The van der Waals surface area contributed by atoms with Gasteiger partial charge in [0.05, 0.1) is 12.8 Å². The van der Waals surface area contributed by atoms with Crippen LogP contribution < -0.4 is 26.6 Å². The van der Waals surface area contributed by atoms with Crippen molar-refractivity contribution in [1.82, 2.24) is 21.3 Å². The summed E-state index contributed by atoms with van der Waals surface area (Å²) in [6.45, 7) is 1.59. The lowest BCUT2D eigenvalue weighted by molar-refractivity contribution is -0.142. The molecule has 0 saturated heterocycles. The van der Waals surface area contributed by atoms with E-state index in [0.29, 0.717) is 17.0 Å². The molecule has 4 heterocycles. The number of aliphatic carboxylic acids is 1. The quantitative estimate of drug-likeness (QED) is 0.136. The summed E-state index contributed by atoms with van der Waals surface area (Å²) < 4.78 is 5.32.